The number of carbonyl (C=O) groups is 1. The van der Waals surface area contributed by atoms with Gasteiger partial charge in [0.25, 0.3) is 5.91 Å². The molecule has 1 saturated heterocycles. The minimum absolute atomic E-state index is 0.123. The van der Waals surface area contributed by atoms with E-state index < -0.39 is 0 Å². The molecule has 0 N–H and O–H groups in total. The van der Waals surface area contributed by atoms with Crippen LogP contribution in [-0.4, -0.2) is 38.1 Å². The molecule has 1 aromatic heterocycles. The van der Waals surface area contributed by atoms with E-state index in [4.69, 9.17) is 9.15 Å². The highest BCUT2D eigenvalue weighted by Crippen LogP contribution is 2.31. The number of ether oxygens (including phenoxy) is 1. The molecule has 1 fully saturated rings. The van der Waals surface area contributed by atoms with Gasteiger partial charge in [0.05, 0.1) is 7.11 Å². The fourth-order valence-electron chi connectivity index (χ4n) is 3.92. The second-order valence-corrected chi connectivity index (χ2v) is 7.40. The van der Waals surface area contributed by atoms with Crippen molar-refractivity contribution >= 4 is 22.6 Å². The second kappa shape index (κ2) is 7.58. The number of rotatable bonds is 5. The molecule has 0 radical (unpaired) electrons. The van der Waals surface area contributed by atoms with Crippen LogP contribution in [0.4, 0.5) is 5.69 Å². The summed E-state index contributed by atoms with van der Waals surface area (Å²) in [5, 5.41) is 1.01. The van der Waals surface area contributed by atoms with Crippen molar-refractivity contribution in [1.82, 2.24) is 4.90 Å². The zero-order chi connectivity index (χ0) is 19.7. The molecule has 0 bridgehead atoms. The molecule has 0 atom stereocenters. The molecular formula is C23H26N2O3. The van der Waals surface area contributed by atoms with Crippen LogP contribution in [0.5, 0.6) is 5.75 Å². The Labute approximate surface area is 165 Å². The van der Waals surface area contributed by atoms with Crippen molar-refractivity contribution in [2.45, 2.75) is 26.3 Å². The van der Waals surface area contributed by atoms with Crippen molar-refractivity contribution in [3.63, 3.8) is 0 Å². The summed E-state index contributed by atoms with van der Waals surface area (Å²) < 4.78 is 11.4. The molecule has 1 aliphatic rings. The van der Waals surface area contributed by atoms with Gasteiger partial charge in [0.15, 0.2) is 5.76 Å². The fourth-order valence-corrected chi connectivity index (χ4v) is 3.92. The number of para-hydroxylation sites is 1. The standard InChI is InChI=1S/C23H26N2O3/c1-16-19-14-18(25-12-6-7-13-25)10-11-21(19)28-22(16)23(26)24(2)15-17-8-4-5-9-20(17)27-3/h4-5,8-11,14H,6-7,12-13,15H2,1-3H3. The molecule has 5 nitrogen and oxygen atoms in total. The van der Waals surface area contributed by atoms with Crippen LogP contribution in [0.2, 0.25) is 0 Å². The zero-order valence-electron chi connectivity index (χ0n) is 16.7. The summed E-state index contributed by atoms with van der Waals surface area (Å²) in [6.45, 7) is 4.60. The number of nitrogens with zero attached hydrogens (tertiary/aromatic N) is 2. The maximum absolute atomic E-state index is 13.1. The third kappa shape index (κ3) is 3.33. The molecule has 146 valence electrons. The van der Waals surface area contributed by atoms with Gasteiger partial charge in [-0.3, -0.25) is 4.79 Å². The third-order valence-electron chi connectivity index (χ3n) is 5.53. The van der Waals surface area contributed by atoms with Gasteiger partial charge in [0, 0.05) is 48.9 Å². The summed E-state index contributed by atoms with van der Waals surface area (Å²) >= 11 is 0. The summed E-state index contributed by atoms with van der Waals surface area (Å²) in [4.78, 5) is 17.1. The Kier molecular flexibility index (Phi) is 4.99. The van der Waals surface area contributed by atoms with Crippen LogP contribution < -0.4 is 9.64 Å². The molecule has 2 aromatic carbocycles. The Morgan fingerprint density at radius 3 is 2.68 bits per heavy atom. The highest BCUT2D eigenvalue weighted by Gasteiger charge is 2.23. The van der Waals surface area contributed by atoms with E-state index in [0.717, 1.165) is 40.9 Å². The summed E-state index contributed by atoms with van der Waals surface area (Å²) in [6.07, 6.45) is 2.47. The highest BCUT2D eigenvalue weighted by atomic mass is 16.5. The molecule has 0 aliphatic carbocycles. The number of anilines is 1. The summed E-state index contributed by atoms with van der Waals surface area (Å²) in [6, 6.07) is 14.0. The number of hydrogen-bond donors (Lipinski definition) is 0. The monoisotopic (exact) mass is 378 g/mol. The summed E-state index contributed by atoms with van der Waals surface area (Å²) in [7, 11) is 3.43. The Balaban J connectivity index is 1.60. The average molecular weight is 378 g/mol. The van der Waals surface area contributed by atoms with Crippen LogP contribution in [0.25, 0.3) is 11.0 Å². The maximum Gasteiger partial charge on any atom is 0.289 e. The normalized spacial score (nSPS) is 13.9. The van der Waals surface area contributed by atoms with Crippen LogP contribution >= 0.6 is 0 Å². The lowest BCUT2D eigenvalue weighted by molar-refractivity contribution is 0.0754. The SMILES string of the molecule is COc1ccccc1CN(C)C(=O)c1oc2ccc(N3CCCC3)cc2c1C. The average Bonchev–Trinajstić information content (AvgIpc) is 3.36. The minimum atomic E-state index is -0.123. The summed E-state index contributed by atoms with van der Waals surface area (Å²) in [5.74, 6) is 1.06. The Hall–Kier alpha value is -2.95. The predicted molar refractivity (Wildman–Crippen MR) is 111 cm³/mol. The van der Waals surface area contributed by atoms with Gasteiger partial charge in [0.1, 0.15) is 11.3 Å². The highest BCUT2D eigenvalue weighted by molar-refractivity contribution is 5.99. The number of furan rings is 1. The first-order valence-corrected chi connectivity index (χ1v) is 9.74. The number of fused-ring (bicyclic) bond motifs is 1. The summed E-state index contributed by atoms with van der Waals surface area (Å²) in [5.41, 5.74) is 3.82. The van der Waals surface area contributed by atoms with Crippen LogP contribution in [0.15, 0.2) is 46.9 Å². The first-order chi connectivity index (χ1) is 13.6. The first-order valence-electron chi connectivity index (χ1n) is 9.74. The minimum Gasteiger partial charge on any atom is -0.496 e. The molecule has 0 unspecified atom stereocenters. The number of hydrogen-bond acceptors (Lipinski definition) is 4. The molecule has 4 rings (SSSR count). The van der Waals surface area contributed by atoms with Crippen molar-refractivity contribution in [3.8, 4) is 5.75 Å². The lowest BCUT2D eigenvalue weighted by atomic mass is 10.1. The van der Waals surface area contributed by atoms with Crippen molar-refractivity contribution in [2.75, 3.05) is 32.1 Å². The lowest BCUT2D eigenvalue weighted by Gasteiger charge is -2.18. The van der Waals surface area contributed by atoms with E-state index in [1.54, 1.807) is 19.1 Å². The zero-order valence-corrected chi connectivity index (χ0v) is 16.7. The van der Waals surface area contributed by atoms with E-state index in [9.17, 15) is 4.79 Å². The fraction of sp³-hybridized carbons (Fsp3) is 0.348. The molecule has 3 aromatic rings. The molecule has 2 heterocycles. The lowest BCUT2D eigenvalue weighted by Crippen LogP contribution is -2.26. The number of carbonyl (C=O) groups excluding carboxylic acids is 1. The molecule has 0 spiro atoms. The van der Waals surface area contributed by atoms with Crippen LogP contribution in [0.1, 0.15) is 34.5 Å². The quantitative estimate of drug-likeness (QED) is 0.650. The largest absolute Gasteiger partial charge is 0.496 e. The van der Waals surface area contributed by atoms with Crippen LogP contribution in [0.3, 0.4) is 0 Å². The van der Waals surface area contributed by atoms with Gasteiger partial charge in [-0.05, 0) is 44.0 Å². The Morgan fingerprint density at radius 2 is 1.93 bits per heavy atom. The van der Waals surface area contributed by atoms with Gasteiger partial charge in [-0.15, -0.1) is 0 Å². The van der Waals surface area contributed by atoms with Crippen molar-refractivity contribution < 1.29 is 13.9 Å². The number of amides is 1. The van der Waals surface area contributed by atoms with E-state index in [1.807, 2.05) is 37.3 Å². The first kappa shape index (κ1) is 18.4. The molecule has 5 heteroatoms. The van der Waals surface area contributed by atoms with Gasteiger partial charge in [-0.2, -0.15) is 0 Å². The molecule has 28 heavy (non-hydrogen) atoms. The third-order valence-corrected chi connectivity index (χ3v) is 5.53. The van der Waals surface area contributed by atoms with E-state index in [2.05, 4.69) is 17.0 Å². The van der Waals surface area contributed by atoms with E-state index in [1.165, 1.54) is 18.5 Å². The smallest absolute Gasteiger partial charge is 0.289 e. The van der Waals surface area contributed by atoms with Crippen molar-refractivity contribution in [1.29, 1.82) is 0 Å². The number of methoxy groups -OCH3 is 1. The van der Waals surface area contributed by atoms with Gasteiger partial charge >= 0.3 is 0 Å². The molecular weight excluding hydrogens is 352 g/mol. The van der Waals surface area contributed by atoms with Gasteiger partial charge in [-0.1, -0.05) is 18.2 Å². The van der Waals surface area contributed by atoms with E-state index in [0.29, 0.717) is 12.3 Å². The number of benzene rings is 2. The molecule has 1 aliphatic heterocycles. The van der Waals surface area contributed by atoms with Crippen molar-refractivity contribution in [3.05, 3.63) is 59.4 Å². The Morgan fingerprint density at radius 1 is 1.18 bits per heavy atom. The maximum atomic E-state index is 13.1. The molecule has 0 saturated carbocycles. The predicted octanol–water partition coefficient (Wildman–Crippen LogP) is 4.62. The van der Waals surface area contributed by atoms with E-state index >= 15 is 0 Å². The van der Waals surface area contributed by atoms with Gasteiger partial charge in [0.2, 0.25) is 0 Å². The number of aryl methyl sites for hydroxylation is 1. The van der Waals surface area contributed by atoms with Crippen LogP contribution in [-0.2, 0) is 6.54 Å². The van der Waals surface area contributed by atoms with Crippen LogP contribution in [0, 0.1) is 6.92 Å². The van der Waals surface area contributed by atoms with Gasteiger partial charge < -0.3 is 19.0 Å². The van der Waals surface area contributed by atoms with E-state index in [-0.39, 0.29) is 5.91 Å². The topological polar surface area (TPSA) is 45.9 Å². The van der Waals surface area contributed by atoms with Crippen molar-refractivity contribution in [2.24, 2.45) is 0 Å². The second-order valence-electron chi connectivity index (χ2n) is 7.40. The molecule has 1 amide bonds. The van der Waals surface area contributed by atoms with Gasteiger partial charge in [-0.25, -0.2) is 0 Å². The Bertz CT molecular complexity index is 1000.